The van der Waals surface area contributed by atoms with Crippen molar-refractivity contribution in [3.63, 3.8) is 0 Å². The molecule has 0 N–H and O–H groups in total. The molecule has 0 bridgehead atoms. The molecule has 1 aromatic rings. The molecular formula is C13H19ClN2. The minimum Gasteiger partial charge on any atom is -0.354 e. The van der Waals surface area contributed by atoms with E-state index in [-0.39, 0.29) is 0 Å². The molecule has 2 nitrogen and oxygen atoms in total. The van der Waals surface area contributed by atoms with Crippen LogP contribution in [-0.4, -0.2) is 17.6 Å². The molecule has 1 aliphatic heterocycles. The predicted octanol–water partition coefficient (Wildman–Crippen LogP) is 3.59. The zero-order chi connectivity index (χ0) is 11.4. The van der Waals surface area contributed by atoms with Crippen LogP contribution in [0.4, 0.5) is 5.82 Å². The van der Waals surface area contributed by atoms with Crippen molar-refractivity contribution in [3.05, 3.63) is 23.9 Å². The van der Waals surface area contributed by atoms with Crippen LogP contribution in [0.3, 0.4) is 0 Å². The molecule has 0 saturated carbocycles. The first-order valence-electron chi connectivity index (χ1n) is 6.12. The molecule has 0 radical (unpaired) electrons. The zero-order valence-corrected chi connectivity index (χ0v) is 10.6. The fraction of sp³-hybridized carbons (Fsp3) is 0.615. The molecule has 0 spiro atoms. The van der Waals surface area contributed by atoms with Crippen LogP contribution in [-0.2, 0) is 5.88 Å². The Kier molecular flexibility index (Phi) is 4.05. The van der Waals surface area contributed by atoms with Gasteiger partial charge in [0.05, 0.1) is 0 Å². The van der Waals surface area contributed by atoms with Crippen molar-refractivity contribution in [2.75, 3.05) is 11.4 Å². The molecule has 0 aromatic carbocycles. The molecule has 1 saturated heterocycles. The van der Waals surface area contributed by atoms with Gasteiger partial charge in [0.1, 0.15) is 5.82 Å². The normalized spacial score (nSPS) is 21.1. The van der Waals surface area contributed by atoms with E-state index in [1.165, 1.54) is 25.7 Å². The number of halogens is 1. The van der Waals surface area contributed by atoms with E-state index in [1.807, 2.05) is 12.3 Å². The Hall–Kier alpha value is -0.760. The molecule has 1 aliphatic rings. The van der Waals surface area contributed by atoms with Crippen molar-refractivity contribution in [1.29, 1.82) is 0 Å². The van der Waals surface area contributed by atoms with E-state index in [0.29, 0.717) is 11.9 Å². The number of rotatable bonds is 3. The molecule has 88 valence electrons. The number of hydrogen-bond acceptors (Lipinski definition) is 2. The highest BCUT2D eigenvalue weighted by molar-refractivity contribution is 6.17. The van der Waals surface area contributed by atoms with Crippen LogP contribution in [0.15, 0.2) is 18.3 Å². The number of anilines is 1. The van der Waals surface area contributed by atoms with E-state index in [2.05, 4.69) is 22.9 Å². The second-order valence-corrected chi connectivity index (χ2v) is 4.67. The van der Waals surface area contributed by atoms with Crippen molar-refractivity contribution in [2.45, 2.75) is 44.5 Å². The summed E-state index contributed by atoms with van der Waals surface area (Å²) < 4.78 is 0. The van der Waals surface area contributed by atoms with Crippen LogP contribution in [0.1, 0.15) is 38.2 Å². The van der Waals surface area contributed by atoms with Gasteiger partial charge in [-0.05, 0) is 43.4 Å². The van der Waals surface area contributed by atoms with Crippen molar-refractivity contribution in [2.24, 2.45) is 0 Å². The average Bonchev–Trinajstić information content (AvgIpc) is 2.38. The van der Waals surface area contributed by atoms with Gasteiger partial charge in [0.15, 0.2) is 0 Å². The second kappa shape index (κ2) is 5.53. The summed E-state index contributed by atoms with van der Waals surface area (Å²) in [5, 5.41) is 0. The fourth-order valence-electron chi connectivity index (χ4n) is 2.43. The maximum Gasteiger partial charge on any atom is 0.129 e. The van der Waals surface area contributed by atoms with Crippen molar-refractivity contribution < 1.29 is 0 Å². The summed E-state index contributed by atoms with van der Waals surface area (Å²) in [7, 11) is 0. The molecule has 16 heavy (non-hydrogen) atoms. The van der Waals surface area contributed by atoms with Gasteiger partial charge in [-0.2, -0.15) is 0 Å². The van der Waals surface area contributed by atoms with Crippen LogP contribution < -0.4 is 4.90 Å². The van der Waals surface area contributed by atoms with Crippen LogP contribution in [0, 0.1) is 0 Å². The maximum atomic E-state index is 5.86. The lowest BCUT2D eigenvalue weighted by atomic mass is 10.00. The van der Waals surface area contributed by atoms with Crippen LogP contribution in [0.25, 0.3) is 0 Å². The Morgan fingerprint density at radius 1 is 1.50 bits per heavy atom. The van der Waals surface area contributed by atoms with E-state index >= 15 is 0 Å². The van der Waals surface area contributed by atoms with E-state index in [1.54, 1.807) is 0 Å². The standard InChI is InChI=1S/C13H19ClN2/c1-2-12-5-3-4-8-16(12)13-9-11(10-14)6-7-15-13/h6-7,9,12H,2-5,8,10H2,1H3. The smallest absolute Gasteiger partial charge is 0.129 e. The molecule has 1 unspecified atom stereocenters. The number of piperidine rings is 1. The quantitative estimate of drug-likeness (QED) is 0.749. The Morgan fingerprint density at radius 2 is 2.38 bits per heavy atom. The topological polar surface area (TPSA) is 16.1 Å². The Balaban J connectivity index is 2.20. The van der Waals surface area contributed by atoms with Crippen LogP contribution in [0.5, 0.6) is 0 Å². The number of pyridine rings is 1. The van der Waals surface area contributed by atoms with E-state index < -0.39 is 0 Å². The first-order chi connectivity index (χ1) is 7.85. The summed E-state index contributed by atoms with van der Waals surface area (Å²) in [6.45, 7) is 3.39. The molecule has 0 amide bonds. The third-order valence-corrected chi connectivity index (χ3v) is 3.67. The van der Waals surface area contributed by atoms with Gasteiger partial charge in [-0.25, -0.2) is 4.98 Å². The lowest BCUT2D eigenvalue weighted by Gasteiger charge is -2.36. The molecule has 0 aliphatic carbocycles. The lowest BCUT2D eigenvalue weighted by molar-refractivity contribution is 0.447. The van der Waals surface area contributed by atoms with Crippen LogP contribution in [0.2, 0.25) is 0 Å². The highest BCUT2D eigenvalue weighted by Crippen LogP contribution is 2.25. The number of hydrogen-bond donors (Lipinski definition) is 0. The van der Waals surface area contributed by atoms with Crippen LogP contribution >= 0.6 is 11.6 Å². The largest absolute Gasteiger partial charge is 0.354 e. The minimum absolute atomic E-state index is 0.570. The van der Waals surface area contributed by atoms with Crippen molar-refractivity contribution in [1.82, 2.24) is 4.98 Å². The average molecular weight is 239 g/mol. The zero-order valence-electron chi connectivity index (χ0n) is 9.82. The van der Waals surface area contributed by atoms with E-state index in [0.717, 1.165) is 17.9 Å². The van der Waals surface area contributed by atoms with Crippen molar-refractivity contribution in [3.8, 4) is 0 Å². The first-order valence-corrected chi connectivity index (χ1v) is 6.66. The monoisotopic (exact) mass is 238 g/mol. The minimum atomic E-state index is 0.570. The summed E-state index contributed by atoms with van der Waals surface area (Å²) in [6, 6.07) is 4.77. The molecule has 2 rings (SSSR count). The van der Waals surface area contributed by atoms with Gasteiger partial charge in [0.25, 0.3) is 0 Å². The van der Waals surface area contributed by atoms with Gasteiger partial charge in [0.2, 0.25) is 0 Å². The second-order valence-electron chi connectivity index (χ2n) is 4.41. The summed E-state index contributed by atoms with van der Waals surface area (Å²) in [6.07, 6.45) is 7.00. The molecule has 1 fully saturated rings. The number of aromatic nitrogens is 1. The molecule has 2 heterocycles. The maximum absolute atomic E-state index is 5.86. The van der Waals surface area contributed by atoms with Gasteiger partial charge in [-0.3, -0.25) is 0 Å². The lowest BCUT2D eigenvalue weighted by Crippen LogP contribution is -2.39. The molecule has 1 aromatic heterocycles. The van der Waals surface area contributed by atoms with Gasteiger partial charge >= 0.3 is 0 Å². The third kappa shape index (κ3) is 2.49. The SMILES string of the molecule is CCC1CCCCN1c1cc(CCl)ccn1. The first kappa shape index (κ1) is 11.7. The summed E-state index contributed by atoms with van der Waals surface area (Å²) in [4.78, 5) is 6.92. The summed E-state index contributed by atoms with van der Waals surface area (Å²) in [5.74, 6) is 1.67. The van der Waals surface area contributed by atoms with Gasteiger partial charge in [-0.15, -0.1) is 11.6 Å². The fourth-order valence-corrected chi connectivity index (χ4v) is 2.59. The van der Waals surface area contributed by atoms with E-state index in [9.17, 15) is 0 Å². The summed E-state index contributed by atoms with van der Waals surface area (Å²) >= 11 is 5.86. The predicted molar refractivity (Wildman–Crippen MR) is 69.1 cm³/mol. The summed E-state index contributed by atoms with van der Waals surface area (Å²) in [5.41, 5.74) is 1.16. The van der Waals surface area contributed by atoms with Gasteiger partial charge in [0, 0.05) is 24.7 Å². The highest BCUT2D eigenvalue weighted by atomic mass is 35.5. The van der Waals surface area contributed by atoms with Crippen molar-refractivity contribution >= 4 is 17.4 Å². The van der Waals surface area contributed by atoms with Gasteiger partial charge in [-0.1, -0.05) is 6.92 Å². The molecule has 1 atom stereocenters. The Morgan fingerprint density at radius 3 is 3.12 bits per heavy atom. The Bertz CT molecular complexity index is 340. The highest BCUT2D eigenvalue weighted by Gasteiger charge is 2.21. The third-order valence-electron chi connectivity index (χ3n) is 3.36. The molecular weight excluding hydrogens is 220 g/mol. The number of nitrogens with zero attached hydrogens (tertiary/aromatic N) is 2. The molecule has 3 heteroatoms. The van der Waals surface area contributed by atoms with E-state index in [4.69, 9.17) is 11.6 Å². The Labute approximate surface area is 103 Å². The number of alkyl halides is 1. The van der Waals surface area contributed by atoms with Gasteiger partial charge < -0.3 is 4.90 Å².